The van der Waals surface area contributed by atoms with Gasteiger partial charge in [0.1, 0.15) is 17.2 Å². The van der Waals surface area contributed by atoms with E-state index in [1.807, 2.05) is 72.8 Å². The topological polar surface area (TPSA) is 78.4 Å². The summed E-state index contributed by atoms with van der Waals surface area (Å²) in [5.41, 5.74) is 3.09. The number of hydrogen-bond acceptors (Lipinski definition) is 7. The molecule has 0 amide bonds. The van der Waals surface area contributed by atoms with Gasteiger partial charge >= 0.3 is 0 Å². The monoisotopic (exact) mass is 641 g/mol. The fraction of sp³-hybridized carbons (Fsp3) is 0.371. The van der Waals surface area contributed by atoms with Crippen molar-refractivity contribution in [3.8, 4) is 17.2 Å². The van der Waals surface area contributed by atoms with E-state index >= 15 is 0 Å². The summed E-state index contributed by atoms with van der Waals surface area (Å²) in [6, 6.07) is 28.1. The Morgan fingerprint density at radius 2 is 1.52 bits per heavy atom. The third kappa shape index (κ3) is 9.24. The zero-order valence-corrected chi connectivity index (χ0v) is 26.7. The normalized spacial score (nSPS) is 17.9. The molecule has 0 saturated carbocycles. The van der Waals surface area contributed by atoms with E-state index in [0.29, 0.717) is 39.5 Å². The van der Waals surface area contributed by atoms with Gasteiger partial charge in [-0.15, -0.1) is 23.2 Å². The number of aliphatic hydroxyl groups excluding tert-OH is 1. The van der Waals surface area contributed by atoms with Gasteiger partial charge in [0.05, 0.1) is 58.2 Å². The molecule has 1 aliphatic rings. The number of alkyl halides is 2. The van der Waals surface area contributed by atoms with Crippen LogP contribution < -0.4 is 19.5 Å². The van der Waals surface area contributed by atoms with Gasteiger partial charge < -0.3 is 34.1 Å². The summed E-state index contributed by atoms with van der Waals surface area (Å²) in [5, 5.41) is 16.4. The molecule has 3 unspecified atom stereocenters. The predicted octanol–water partition coefficient (Wildman–Crippen LogP) is 6.90. The van der Waals surface area contributed by atoms with Crippen LogP contribution in [0, 0.1) is 0 Å². The highest BCUT2D eigenvalue weighted by Crippen LogP contribution is 2.38. The standard InChI is InChI=1S/C34H39NO6.CH2Cl2/c1-37-31-19-26(34(38-2)29-12-7-6-11-28(29)31)23-41-32-21-35-20-30(36)33(32)25-13-15-27(16-14-25)40-18-8-17-39-22-24-9-4-3-5-10-24;2-1-3/h3-7,9-16,19,30,32-33,35-36H,8,17-18,20-23H2,1-2H3;1H2. The van der Waals surface area contributed by atoms with Gasteiger partial charge in [-0.1, -0.05) is 66.7 Å². The molecule has 4 aromatic carbocycles. The fourth-order valence-corrected chi connectivity index (χ4v) is 5.46. The van der Waals surface area contributed by atoms with Crippen molar-refractivity contribution in [3.05, 3.63) is 102 Å². The van der Waals surface area contributed by atoms with E-state index in [9.17, 15) is 5.11 Å². The molecule has 44 heavy (non-hydrogen) atoms. The molecular weight excluding hydrogens is 601 g/mol. The molecule has 3 atom stereocenters. The van der Waals surface area contributed by atoms with Gasteiger partial charge in [0.2, 0.25) is 0 Å². The first-order valence-electron chi connectivity index (χ1n) is 14.7. The van der Waals surface area contributed by atoms with Gasteiger partial charge in [-0.05, 0) is 29.3 Å². The van der Waals surface area contributed by atoms with E-state index in [0.717, 1.165) is 45.6 Å². The van der Waals surface area contributed by atoms with Crippen LogP contribution in [0.25, 0.3) is 10.8 Å². The van der Waals surface area contributed by atoms with Crippen molar-refractivity contribution in [2.45, 2.75) is 37.8 Å². The molecular formula is C35H41Cl2NO6. The van der Waals surface area contributed by atoms with Crippen LogP contribution in [0.4, 0.5) is 0 Å². The quantitative estimate of drug-likeness (QED) is 0.121. The lowest BCUT2D eigenvalue weighted by atomic mass is 9.85. The van der Waals surface area contributed by atoms with E-state index in [1.54, 1.807) is 14.2 Å². The molecule has 0 aromatic heterocycles. The van der Waals surface area contributed by atoms with Crippen molar-refractivity contribution in [1.29, 1.82) is 0 Å². The van der Waals surface area contributed by atoms with Gasteiger partial charge in [-0.25, -0.2) is 0 Å². The highest BCUT2D eigenvalue weighted by molar-refractivity contribution is 6.40. The molecule has 0 aliphatic carbocycles. The number of aliphatic hydroxyl groups is 1. The minimum absolute atomic E-state index is 0.176. The maximum absolute atomic E-state index is 11.0. The largest absolute Gasteiger partial charge is 0.496 e. The Hall–Kier alpha value is -3.04. The average molecular weight is 643 g/mol. The summed E-state index contributed by atoms with van der Waals surface area (Å²) < 4.78 is 29.6. The van der Waals surface area contributed by atoms with Crippen LogP contribution >= 0.6 is 23.2 Å². The van der Waals surface area contributed by atoms with Crippen LogP contribution in [0.1, 0.15) is 29.0 Å². The van der Waals surface area contributed by atoms with Crippen LogP contribution in [0.2, 0.25) is 0 Å². The number of nitrogens with one attached hydrogen (secondary N) is 1. The van der Waals surface area contributed by atoms with E-state index in [1.165, 1.54) is 5.56 Å². The molecule has 0 radical (unpaired) electrons. The lowest BCUT2D eigenvalue weighted by Gasteiger charge is -2.36. The first-order valence-corrected chi connectivity index (χ1v) is 15.8. The Bertz CT molecular complexity index is 1410. The molecule has 1 saturated heterocycles. The zero-order chi connectivity index (χ0) is 31.1. The van der Waals surface area contributed by atoms with Gasteiger partial charge in [0, 0.05) is 41.8 Å². The van der Waals surface area contributed by atoms with Gasteiger partial charge in [-0.3, -0.25) is 0 Å². The van der Waals surface area contributed by atoms with Crippen molar-refractivity contribution < 1.29 is 28.8 Å². The second-order valence-corrected chi connectivity index (χ2v) is 11.1. The molecule has 7 nitrogen and oxygen atoms in total. The molecule has 5 rings (SSSR count). The van der Waals surface area contributed by atoms with Gasteiger partial charge in [0.15, 0.2) is 0 Å². The number of benzene rings is 4. The van der Waals surface area contributed by atoms with Crippen molar-refractivity contribution in [1.82, 2.24) is 5.32 Å². The van der Waals surface area contributed by atoms with E-state index in [2.05, 4.69) is 17.4 Å². The molecule has 1 heterocycles. The molecule has 9 heteroatoms. The SMILES string of the molecule is COc1cc(COC2CNCC(O)C2c2ccc(OCCCOCc3ccccc3)cc2)c(OC)c2ccccc12.ClCCl. The summed E-state index contributed by atoms with van der Waals surface area (Å²) in [4.78, 5) is 0. The average Bonchev–Trinajstić information content (AvgIpc) is 3.06. The molecule has 0 spiro atoms. The molecule has 236 valence electrons. The van der Waals surface area contributed by atoms with Crippen LogP contribution in [0.5, 0.6) is 17.2 Å². The number of β-amino-alcohol motifs (C(OH)–C–C–N with tert-alkyl or cyclic N) is 1. The number of hydrogen-bond donors (Lipinski definition) is 2. The third-order valence-corrected chi connectivity index (χ3v) is 7.50. The summed E-state index contributed by atoms with van der Waals surface area (Å²) in [5.74, 6) is 2.17. The number of methoxy groups -OCH3 is 2. The van der Waals surface area contributed by atoms with E-state index < -0.39 is 6.10 Å². The number of fused-ring (bicyclic) bond motifs is 1. The van der Waals surface area contributed by atoms with Gasteiger partial charge in [-0.2, -0.15) is 0 Å². The summed E-state index contributed by atoms with van der Waals surface area (Å²) >= 11 is 9.53. The Balaban J connectivity index is 0.00000141. The highest BCUT2D eigenvalue weighted by atomic mass is 35.5. The third-order valence-electron chi connectivity index (χ3n) is 7.50. The highest BCUT2D eigenvalue weighted by Gasteiger charge is 2.34. The second-order valence-electron chi connectivity index (χ2n) is 10.3. The smallest absolute Gasteiger partial charge is 0.132 e. The van der Waals surface area contributed by atoms with Crippen LogP contribution in [-0.4, -0.2) is 63.2 Å². The number of rotatable bonds is 13. The Morgan fingerprint density at radius 1 is 0.818 bits per heavy atom. The number of piperidine rings is 1. The first kappa shape index (κ1) is 33.8. The van der Waals surface area contributed by atoms with E-state index in [-0.39, 0.29) is 17.4 Å². The number of halogens is 2. The zero-order valence-electron chi connectivity index (χ0n) is 25.2. The summed E-state index contributed by atoms with van der Waals surface area (Å²) in [6.07, 6.45) is 0.00494. The molecule has 0 bridgehead atoms. The van der Waals surface area contributed by atoms with Gasteiger partial charge in [0.25, 0.3) is 0 Å². The minimum Gasteiger partial charge on any atom is -0.496 e. The lowest BCUT2D eigenvalue weighted by molar-refractivity contribution is -0.0332. The van der Waals surface area contributed by atoms with Crippen molar-refractivity contribution in [2.24, 2.45) is 0 Å². The van der Waals surface area contributed by atoms with Crippen LogP contribution in [-0.2, 0) is 22.7 Å². The van der Waals surface area contributed by atoms with Crippen molar-refractivity contribution in [2.75, 3.05) is 45.9 Å². The second kappa shape index (κ2) is 18.1. The van der Waals surface area contributed by atoms with Crippen LogP contribution in [0.15, 0.2) is 84.9 Å². The first-order chi connectivity index (χ1) is 21.6. The summed E-state index contributed by atoms with van der Waals surface area (Å²) in [6.45, 7) is 3.30. The lowest BCUT2D eigenvalue weighted by Crippen LogP contribution is -2.49. The molecule has 4 aromatic rings. The summed E-state index contributed by atoms with van der Waals surface area (Å²) in [7, 11) is 3.34. The molecule has 2 N–H and O–H groups in total. The molecule has 1 fully saturated rings. The van der Waals surface area contributed by atoms with Crippen molar-refractivity contribution >= 4 is 34.0 Å². The fourth-order valence-electron chi connectivity index (χ4n) is 5.46. The van der Waals surface area contributed by atoms with E-state index in [4.69, 9.17) is 46.9 Å². The van der Waals surface area contributed by atoms with Crippen molar-refractivity contribution in [3.63, 3.8) is 0 Å². The predicted molar refractivity (Wildman–Crippen MR) is 176 cm³/mol. The Labute approximate surface area is 269 Å². The Morgan fingerprint density at radius 3 is 2.23 bits per heavy atom. The minimum atomic E-state index is -0.574. The van der Waals surface area contributed by atoms with Crippen LogP contribution in [0.3, 0.4) is 0 Å². The molecule has 1 aliphatic heterocycles. The maximum Gasteiger partial charge on any atom is 0.132 e. The maximum atomic E-state index is 11.0. The number of ether oxygens (including phenoxy) is 5. The Kier molecular flexibility index (Phi) is 13.9.